The van der Waals surface area contributed by atoms with E-state index in [1.54, 1.807) is 19.2 Å². The van der Waals surface area contributed by atoms with Crippen LogP contribution in [-0.4, -0.2) is 7.11 Å². The van der Waals surface area contributed by atoms with E-state index in [2.05, 4.69) is 21.2 Å². The van der Waals surface area contributed by atoms with Gasteiger partial charge in [0.25, 0.3) is 0 Å². The van der Waals surface area contributed by atoms with Crippen LogP contribution in [0.1, 0.15) is 0 Å². The predicted molar refractivity (Wildman–Crippen MR) is 84.9 cm³/mol. The smallest absolute Gasteiger partial charge is 0.143 e. The van der Waals surface area contributed by atoms with Crippen molar-refractivity contribution in [1.29, 1.82) is 0 Å². The molecule has 2 aromatic rings. The van der Waals surface area contributed by atoms with E-state index in [9.17, 15) is 0 Å². The highest BCUT2D eigenvalue weighted by atomic mass is 79.9. The Hall–Kier alpha value is -1.10. The van der Waals surface area contributed by atoms with E-state index in [1.165, 1.54) is 0 Å². The number of anilines is 3. The van der Waals surface area contributed by atoms with Crippen LogP contribution in [0.4, 0.5) is 17.1 Å². The van der Waals surface area contributed by atoms with Crippen molar-refractivity contribution in [3.8, 4) is 5.75 Å². The molecule has 0 aliphatic heterocycles. The van der Waals surface area contributed by atoms with Gasteiger partial charge in [-0.1, -0.05) is 23.2 Å². The maximum absolute atomic E-state index is 6.17. The summed E-state index contributed by atoms with van der Waals surface area (Å²) in [6.45, 7) is 0. The maximum Gasteiger partial charge on any atom is 0.143 e. The fourth-order valence-corrected chi connectivity index (χ4v) is 2.39. The highest BCUT2D eigenvalue weighted by Crippen LogP contribution is 2.37. The molecule has 0 atom stereocenters. The van der Waals surface area contributed by atoms with E-state index in [0.717, 1.165) is 10.2 Å². The van der Waals surface area contributed by atoms with Crippen molar-refractivity contribution in [2.24, 2.45) is 0 Å². The molecule has 100 valence electrons. The van der Waals surface area contributed by atoms with Crippen LogP contribution in [0.2, 0.25) is 10.0 Å². The number of nitrogens with two attached hydrogens (primary N) is 1. The largest absolute Gasteiger partial charge is 0.495 e. The second kappa shape index (κ2) is 5.90. The normalized spacial score (nSPS) is 10.3. The van der Waals surface area contributed by atoms with Crippen LogP contribution < -0.4 is 15.8 Å². The zero-order valence-corrected chi connectivity index (χ0v) is 13.1. The van der Waals surface area contributed by atoms with Crippen LogP contribution in [0, 0.1) is 0 Å². The molecule has 0 spiro atoms. The highest BCUT2D eigenvalue weighted by Gasteiger charge is 2.09. The maximum atomic E-state index is 6.17. The summed E-state index contributed by atoms with van der Waals surface area (Å²) in [6.07, 6.45) is 0. The van der Waals surface area contributed by atoms with Gasteiger partial charge in [0.05, 0.1) is 28.5 Å². The molecular formula is C13H11BrCl2N2O. The van der Waals surface area contributed by atoms with Crippen molar-refractivity contribution < 1.29 is 4.74 Å². The molecule has 0 fully saturated rings. The van der Waals surface area contributed by atoms with E-state index in [1.807, 2.05) is 18.2 Å². The molecule has 0 aliphatic carbocycles. The third-order valence-electron chi connectivity index (χ3n) is 2.55. The van der Waals surface area contributed by atoms with Crippen LogP contribution in [0.5, 0.6) is 5.75 Å². The Morgan fingerprint density at radius 3 is 2.58 bits per heavy atom. The van der Waals surface area contributed by atoms with Crippen molar-refractivity contribution in [1.82, 2.24) is 0 Å². The first-order valence-electron chi connectivity index (χ1n) is 5.37. The van der Waals surface area contributed by atoms with Crippen molar-refractivity contribution in [2.45, 2.75) is 0 Å². The van der Waals surface area contributed by atoms with Crippen LogP contribution >= 0.6 is 39.1 Å². The van der Waals surface area contributed by atoms with Gasteiger partial charge in [-0.3, -0.25) is 0 Å². The van der Waals surface area contributed by atoms with Crippen molar-refractivity contribution in [2.75, 3.05) is 18.2 Å². The molecule has 6 heteroatoms. The monoisotopic (exact) mass is 360 g/mol. The number of nitrogens with one attached hydrogen (secondary N) is 1. The molecule has 0 radical (unpaired) electrons. The number of hydrogen-bond acceptors (Lipinski definition) is 3. The number of methoxy groups -OCH3 is 1. The molecule has 0 saturated heterocycles. The van der Waals surface area contributed by atoms with E-state index < -0.39 is 0 Å². The molecule has 2 aromatic carbocycles. The van der Waals surface area contributed by atoms with E-state index >= 15 is 0 Å². The summed E-state index contributed by atoms with van der Waals surface area (Å²) in [5.41, 5.74) is 7.86. The summed E-state index contributed by atoms with van der Waals surface area (Å²) in [7, 11) is 1.57. The second-order valence-electron chi connectivity index (χ2n) is 3.80. The van der Waals surface area contributed by atoms with Gasteiger partial charge >= 0.3 is 0 Å². The van der Waals surface area contributed by atoms with Gasteiger partial charge in [-0.15, -0.1) is 0 Å². The minimum Gasteiger partial charge on any atom is -0.495 e. The summed E-state index contributed by atoms with van der Waals surface area (Å²) in [4.78, 5) is 0. The lowest BCUT2D eigenvalue weighted by molar-refractivity contribution is 0.417. The van der Waals surface area contributed by atoms with Crippen LogP contribution in [0.15, 0.2) is 34.8 Å². The Bertz CT molecular complexity index is 620. The lowest BCUT2D eigenvalue weighted by atomic mass is 10.2. The van der Waals surface area contributed by atoms with Gasteiger partial charge in [-0.05, 0) is 40.2 Å². The average Bonchev–Trinajstić information content (AvgIpc) is 2.41. The molecule has 0 amide bonds. The molecule has 19 heavy (non-hydrogen) atoms. The third kappa shape index (κ3) is 3.08. The first-order chi connectivity index (χ1) is 9.02. The number of hydrogen-bond donors (Lipinski definition) is 2. The van der Waals surface area contributed by atoms with Gasteiger partial charge in [0.1, 0.15) is 5.75 Å². The number of benzene rings is 2. The summed E-state index contributed by atoms with van der Waals surface area (Å²) >= 11 is 15.6. The quantitative estimate of drug-likeness (QED) is 0.591. The minimum atomic E-state index is 0.451. The Morgan fingerprint density at radius 1 is 1.16 bits per heavy atom. The topological polar surface area (TPSA) is 47.3 Å². The highest BCUT2D eigenvalue weighted by molar-refractivity contribution is 9.10. The first-order valence-corrected chi connectivity index (χ1v) is 6.92. The fourth-order valence-electron chi connectivity index (χ4n) is 1.57. The molecule has 0 saturated carbocycles. The molecule has 3 nitrogen and oxygen atoms in total. The van der Waals surface area contributed by atoms with Crippen molar-refractivity contribution in [3.05, 3.63) is 44.8 Å². The number of rotatable bonds is 3. The number of halogens is 3. The lowest BCUT2D eigenvalue weighted by Crippen LogP contribution is -1.96. The Kier molecular flexibility index (Phi) is 4.45. The van der Waals surface area contributed by atoms with Gasteiger partial charge in [0, 0.05) is 16.2 Å². The molecule has 0 bridgehead atoms. The zero-order chi connectivity index (χ0) is 14.0. The average molecular weight is 362 g/mol. The van der Waals surface area contributed by atoms with Crippen LogP contribution in [0.25, 0.3) is 0 Å². The van der Waals surface area contributed by atoms with Crippen LogP contribution in [0.3, 0.4) is 0 Å². The van der Waals surface area contributed by atoms with E-state index in [-0.39, 0.29) is 0 Å². The SMILES string of the molecule is COc1cc(Nc2ccc(Br)c(Cl)c2Cl)ccc1N. The second-order valence-corrected chi connectivity index (χ2v) is 5.41. The van der Waals surface area contributed by atoms with Gasteiger partial charge in [-0.25, -0.2) is 0 Å². The Balaban J connectivity index is 2.34. The van der Waals surface area contributed by atoms with Gasteiger partial charge in [0.2, 0.25) is 0 Å². The molecule has 2 rings (SSSR count). The van der Waals surface area contributed by atoms with E-state index in [0.29, 0.717) is 27.2 Å². The molecule has 0 heterocycles. The summed E-state index contributed by atoms with van der Waals surface area (Å²) in [5, 5.41) is 4.09. The predicted octanol–water partition coefficient (Wildman–Crippen LogP) is 5.09. The van der Waals surface area contributed by atoms with Gasteiger partial charge < -0.3 is 15.8 Å². The van der Waals surface area contributed by atoms with Gasteiger partial charge in [-0.2, -0.15) is 0 Å². The first kappa shape index (κ1) is 14.3. The molecule has 0 aromatic heterocycles. The fraction of sp³-hybridized carbons (Fsp3) is 0.0769. The minimum absolute atomic E-state index is 0.451. The molecule has 0 unspecified atom stereocenters. The van der Waals surface area contributed by atoms with Crippen molar-refractivity contribution >= 4 is 56.2 Å². The molecule has 0 aliphatic rings. The zero-order valence-electron chi connectivity index (χ0n) is 10.0. The van der Waals surface area contributed by atoms with Crippen molar-refractivity contribution in [3.63, 3.8) is 0 Å². The molecular weight excluding hydrogens is 351 g/mol. The van der Waals surface area contributed by atoms with E-state index in [4.69, 9.17) is 33.7 Å². The Labute approximate surface area is 129 Å². The summed E-state index contributed by atoms with van der Waals surface area (Å²) in [5.74, 6) is 0.601. The summed E-state index contributed by atoms with van der Waals surface area (Å²) < 4.78 is 5.91. The van der Waals surface area contributed by atoms with Crippen LogP contribution in [-0.2, 0) is 0 Å². The Morgan fingerprint density at radius 2 is 1.89 bits per heavy atom. The number of ether oxygens (including phenoxy) is 1. The standard InChI is InChI=1S/C13H11BrCl2N2O/c1-19-11-6-7(2-4-9(11)17)18-10-5-3-8(14)12(15)13(10)16/h2-6,18H,17H2,1H3. The summed E-state index contributed by atoms with van der Waals surface area (Å²) in [6, 6.07) is 9.05. The lowest BCUT2D eigenvalue weighted by Gasteiger charge is -2.12. The molecule has 3 N–H and O–H groups in total. The number of nitrogen functional groups attached to an aromatic ring is 1. The van der Waals surface area contributed by atoms with Gasteiger partial charge in [0.15, 0.2) is 0 Å². The third-order valence-corrected chi connectivity index (χ3v) is 4.32.